The van der Waals surface area contributed by atoms with Crippen LogP contribution in [0, 0.1) is 5.82 Å². The van der Waals surface area contributed by atoms with E-state index in [1.165, 1.54) is 23.8 Å². The Labute approximate surface area is 125 Å². The monoisotopic (exact) mass is 287 g/mol. The first-order chi connectivity index (χ1) is 10.1. The minimum Gasteiger partial charge on any atom is -0.508 e. The molecule has 2 aromatic carbocycles. The Morgan fingerprint density at radius 3 is 2.52 bits per heavy atom. The van der Waals surface area contributed by atoms with Gasteiger partial charge in [0.15, 0.2) is 0 Å². The molecule has 2 N–H and O–H groups in total. The lowest BCUT2D eigenvalue weighted by atomic mass is 10.0. The van der Waals surface area contributed by atoms with E-state index < -0.39 is 0 Å². The number of aromatic hydroxyl groups is 1. The lowest BCUT2D eigenvalue weighted by Gasteiger charge is -2.21. The van der Waals surface area contributed by atoms with Crippen LogP contribution in [0.4, 0.5) is 4.39 Å². The van der Waals surface area contributed by atoms with Crippen LogP contribution in [0.25, 0.3) is 0 Å². The van der Waals surface area contributed by atoms with Crippen molar-refractivity contribution in [3.8, 4) is 5.75 Å². The molecule has 2 unspecified atom stereocenters. The van der Waals surface area contributed by atoms with E-state index in [9.17, 15) is 9.50 Å². The lowest BCUT2D eigenvalue weighted by Crippen LogP contribution is -2.29. The molecule has 0 fully saturated rings. The van der Waals surface area contributed by atoms with Crippen LogP contribution in [0.1, 0.15) is 37.4 Å². The van der Waals surface area contributed by atoms with Crippen LogP contribution in [0.5, 0.6) is 5.75 Å². The summed E-state index contributed by atoms with van der Waals surface area (Å²) in [6.45, 7) is 4.04. The number of phenols is 1. The maximum Gasteiger partial charge on any atom is 0.123 e. The van der Waals surface area contributed by atoms with Gasteiger partial charge in [0.1, 0.15) is 11.6 Å². The van der Waals surface area contributed by atoms with E-state index in [0.717, 1.165) is 12.8 Å². The summed E-state index contributed by atoms with van der Waals surface area (Å²) in [7, 11) is 0. The minimum atomic E-state index is -0.326. The van der Waals surface area contributed by atoms with Crippen LogP contribution in [-0.4, -0.2) is 11.1 Å². The highest BCUT2D eigenvalue weighted by atomic mass is 19.1. The van der Waals surface area contributed by atoms with Gasteiger partial charge in [-0.3, -0.25) is 0 Å². The Bertz CT molecular complexity index is 571. The molecule has 21 heavy (non-hydrogen) atoms. The summed E-state index contributed by atoms with van der Waals surface area (Å²) >= 11 is 0. The molecule has 0 aliphatic rings. The van der Waals surface area contributed by atoms with Gasteiger partial charge < -0.3 is 10.4 Å². The number of aryl methyl sites for hydroxylation is 1. The van der Waals surface area contributed by atoms with Crippen LogP contribution in [0.3, 0.4) is 0 Å². The van der Waals surface area contributed by atoms with Crippen molar-refractivity contribution in [2.45, 2.75) is 38.8 Å². The van der Waals surface area contributed by atoms with E-state index >= 15 is 0 Å². The summed E-state index contributed by atoms with van der Waals surface area (Å²) in [6, 6.07) is 14.6. The second-order valence-corrected chi connectivity index (χ2v) is 5.52. The Balaban J connectivity index is 1.90. The average Bonchev–Trinajstić information content (AvgIpc) is 2.48. The molecular weight excluding hydrogens is 265 g/mol. The van der Waals surface area contributed by atoms with Crippen molar-refractivity contribution in [2.75, 3.05) is 0 Å². The van der Waals surface area contributed by atoms with Crippen LogP contribution in [0.2, 0.25) is 0 Å². The highest BCUT2D eigenvalue weighted by molar-refractivity contribution is 5.34. The first kappa shape index (κ1) is 15.5. The lowest BCUT2D eigenvalue weighted by molar-refractivity contribution is 0.422. The molecule has 3 heteroatoms. The van der Waals surface area contributed by atoms with Crippen molar-refractivity contribution < 1.29 is 9.50 Å². The molecule has 0 aliphatic carbocycles. The third-order valence-corrected chi connectivity index (χ3v) is 3.70. The number of hydrogen-bond acceptors (Lipinski definition) is 2. The van der Waals surface area contributed by atoms with Crippen LogP contribution >= 0.6 is 0 Å². The maximum absolute atomic E-state index is 13.3. The van der Waals surface area contributed by atoms with E-state index in [1.54, 1.807) is 0 Å². The fraction of sp³-hybridized carbons (Fsp3) is 0.333. The van der Waals surface area contributed by atoms with Gasteiger partial charge in [-0.25, -0.2) is 4.39 Å². The van der Waals surface area contributed by atoms with E-state index in [4.69, 9.17) is 0 Å². The normalized spacial score (nSPS) is 13.9. The second kappa shape index (κ2) is 7.23. The van der Waals surface area contributed by atoms with Crippen LogP contribution < -0.4 is 5.32 Å². The van der Waals surface area contributed by atoms with Gasteiger partial charge in [-0.1, -0.05) is 30.3 Å². The van der Waals surface area contributed by atoms with Crippen molar-refractivity contribution in [3.63, 3.8) is 0 Å². The zero-order valence-electron chi connectivity index (χ0n) is 12.5. The first-order valence-corrected chi connectivity index (χ1v) is 7.34. The summed E-state index contributed by atoms with van der Waals surface area (Å²) in [5.41, 5.74) is 1.91. The van der Waals surface area contributed by atoms with Crippen molar-refractivity contribution in [1.29, 1.82) is 0 Å². The SMILES string of the molecule is CC(CCc1ccccc1)NC(C)c1cc(F)ccc1O. The fourth-order valence-electron chi connectivity index (χ4n) is 2.50. The number of rotatable bonds is 6. The third-order valence-electron chi connectivity index (χ3n) is 3.70. The summed E-state index contributed by atoms with van der Waals surface area (Å²) in [4.78, 5) is 0. The predicted molar refractivity (Wildman–Crippen MR) is 83.8 cm³/mol. The van der Waals surface area contributed by atoms with Crippen LogP contribution in [-0.2, 0) is 6.42 Å². The summed E-state index contributed by atoms with van der Waals surface area (Å²) in [5, 5.41) is 13.2. The Morgan fingerprint density at radius 1 is 1.10 bits per heavy atom. The third kappa shape index (κ3) is 4.57. The molecule has 0 bridgehead atoms. The Morgan fingerprint density at radius 2 is 1.81 bits per heavy atom. The topological polar surface area (TPSA) is 32.3 Å². The van der Waals surface area contributed by atoms with E-state index in [1.807, 2.05) is 25.1 Å². The van der Waals surface area contributed by atoms with Crippen molar-refractivity contribution in [2.24, 2.45) is 0 Å². The molecule has 0 spiro atoms. The quantitative estimate of drug-likeness (QED) is 0.834. The molecule has 0 radical (unpaired) electrons. The van der Waals surface area contributed by atoms with Crippen molar-refractivity contribution >= 4 is 0 Å². The second-order valence-electron chi connectivity index (χ2n) is 5.52. The van der Waals surface area contributed by atoms with Gasteiger partial charge in [-0.05, 0) is 50.5 Å². The highest BCUT2D eigenvalue weighted by Gasteiger charge is 2.14. The highest BCUT2D eigenvalue weighted by Crippen LogP contribution is 2.25. The maximum atomic E-state index is 13.3. The minimum absolute atomic E-state index is 0.0912. The van der Waals surface area contributed by atoms with Gasteiger partial charge in [-0.15, -0.1) is 0 Å². The summed E-state index contributed by atoms with van der Waals surface area (Å²) in [6.07, 6.45) is 1.99. The van der Waals surface area contributed by atoms with E-state index in [-0.39, 0.29) is 23.7 Å². The molecule has 2 rings (SSSR count). The Hall–Kier alpha value is -1.87. The zero-order chi connectivity index (χ0) is 15.2. The van der Waals surface area contributed by atoms with Gasteiger partial charge in [0.25, 0.3) is 0 Å². The van der Waals surface area contributed by atoms with Crippen LogP contribution in [0.15, 0.2) is 48.5 Å². The molecule has 0 aliphatic heterocycles. The molecule has 2 aromatic rings. The predicted octanol–water partition coefficient (Wildman–Crippen LogP) is 4.20. The molecule has 2 nitrogen and oxygen atoms in total. The van der Waals surface area contributed by atoms with Crippen molar-refractivity contribution in [3.05, 3.63) is 65.5 Å². The summed E-state index contributed by atoms with van der Waals surface area (Å²) < 4.78 is 13.3. The standard InChI is InChI=1S/C18H22FNO/c1-13(8-9-15-6-4-3-5-7-15)20-14(2)17-12-16(19)10-11-18(17)21/h3-7,10-14,20-21H,8-9H2,1-2H3. The van der Waals surface area contributed by atoms with Gasteiger partial charge in [0.2, 0.25) is 0 Å². The number of phenolic OH excluding ortho intramolecular Hbond substituents is 1. The number of halogens is 1. The smallest absolute Gasteiger partial charge is 0.123 e. The largest absolute Gasteiger partial charge is 0.508 e. The molecular formula is C18H22FNO. The number of hydrogen-bond donors (Lipinski definition) is 2. The molecule has 0 saturated heterocycles. The average molecular weight is 287 g/mol. The van der Waals surface area contributed by atoms with Gasteiger partial charge in [-0.2, -0.15) is 0 Å². The number of benzene rings is 2. The molecule has 0 aromatic heterocycles. The van der Waals surface area contributed by atoms with Crippen molar-refractivity contribution in [1.82, 2.24) is 5.32 Å². The zero-order valence-corrected chi connectivity index (χ0v) is 12.5. The summed E-state index contributed by atoms with van der Waals surface area (Å²) in [5.74, 6) is -0.194. The van der Waals surface area contributed by atoms with Gasteiger partial charge in [0, 0.05) is 17.6 Å². The van der Waals surface area contributed by atoms with E-state index in [2.05, 4.69) is 24.4 Å². The molecule has 112 valence electrons. The fourth-order valence-corrected chi connectivity index (χ4v) is 2.50. The van der Waals surface area contributed by atoms with E-state index in [0.29, 0.717) is 5.56 Å². The molecule has 0 heterocycles. The molecule has 0 amide bonds. The number of nitrogens with one attached hydrogen (secondary N) is 1. The Kier molecular flexibility index (Phi) is 5.34. The van der Waals surface area contributed by atoms with Gasteiger partial charge >= 0.3 is 0 Å². The van der Waals surface area contributed by atoms with Gasteiger partial charge in [0.05, 0.1) is 0 Å². The first-order valence-electron chi connectivity index (χ1n) is 7.34. The molecule has 0 saturated carbocycles. The molecule has 2 atom stereocenters.